The molecule has 2 aromatic rings. The maximum atomic E-state index is 12.5. The number of nitrogens with one attached hydrogen (secondary N) is 1. The molecule has 1 aromatic carbocycles. The first-order valence-electron chi connectivity index (χ1n) is 8.15. The third-order valence-electron chi connectivity index (χ3n) is 3.85. The van der Waals surface area contributed by atoms with Crippen LogP contribution >= 0.6 is 0 Å². The summed E-state index contributed by atoms with van der Waals surface area (Å²) in [7, 11) is 4.71. The molecule has 1 heterocycles. The van der Waals surface area contributed by atoms with Crippen molar-refractivity contribution in [3.63, 3.8) is 0 Å². The van der Waals surface area contributed by atoms with Crippen molar-refractivity contribution < 1.29 is 23.8 Å². The van der Waals surface area contributed by atoms with Crippen LogP contribution in [0.3, 0.4) is 0 Å². The Morgan fingerprint density at radius 3 is 2.58 bits per heavy atom. The topological polar surface area (TPSA) is 91.7 Å². The van der Waals surface area contributed by atoms with Crippen molar-refractivity contribution in [1.82, 2.24) is 15.1 Å². The Balaban J connectivity index is 2.20. The number of hydrogen-bond donors (Lipinski definition) is 1. The van der Waals surface area contributed by atoms with Gasteiger partial charge in [-0.15, -0.1) is 0 Å². The van der Waals surface area contributed by atoms with E-state index in [1.54, 1.807) is 46.4 Å². The quantitative estimate of drug-likeness (QED) is 0.760. The molecule has 0 spiro atoms. The highest BCUT2D eigenvalue weighted by molar-refractivity contribution is 5.96. The molecule has 1 amide bonds. The summed E-state index contributed by atoms with van der Waals surface area (Å²) in [5, 5.41) is 6.93. The third kappa shape index (κ3) is 4.14. The van der Waals surface area contributed by atoms with Gasteiger partial charge in [0.1, 0.15) is 17.2 Å². The van der Waals surface area contributed by atoms with Gasteiger partial charge in [0.25, 0.3) is 5.91 Å². The molecular weight excluding hydrogens is 338 g/mol. The number of ether oxygens (including phenoxy) is 3. The molecule has 0 bridgehead atoms. The predicted octanol–water partition coefficient (Wildman–Crippen LogP) is 2.10. The zero-order chi connectivity index (χ0) is 19.3. The molecular formula is C18H23N3O5. The van der Waals surface area contributed by atoms with E-state index in [1.807, 2.05) is 6.92 Å². The number of carbonyl (C=O) groups excluding carboxylic acids is 2. The van der Waals surface area contributed by atoms with Crippen LogP contribution in [-0.2, 0) is 11.8 Å². The zero-order valence-corrected chi connectivity index (χ0v) is 15.5. The van der Waals surface area contributed by atoms with Gasteiger partial charge in [-0.1, -0.05) is 0 Å². The molecule has 26 heavy (non-hydrogen) atoms. The van der Waals surface area contributed by atoms with Crippen LogP contribution in [0.1, 0.15) is 46.4 Å². The van der Waals surface area contributed by atoms with Gasteiger partial charge < -0.3 is 19.5 Å². The normalized spacial score (nSPS) is 11.6. The second kappa shape index (κ2) is 8.37. The third-order valence-corrected chi connectivity index (χ3v) is 3.85. The lowest BCUT2D eigenvalue weighted by atomic mass is 10.1. The SMILES string of the molecule is CCOC(=O)c1cc(C(=O)NC(C)c2cc(OC)ccc2OC)nn1C. The van der Waals surface area contributed by atoms with Gasteiger partial charge in [0.15, 0.2) is 5.69 Å². The Kier molecular flexibility index (Phi) is 6.21. The fourth-order valence-corrected chi connectivity index (χ4v) is 2.50. The van der Waals surface area contributed by atoms with Crippen LogP contribution in [0.4, 0.5) is 0 Å². The summed E-state index contributed by atoms with van der Waals surface area (Å²) in [5.41, 5.74) is 1.11. The maximum Gasteiger partial charge on any atom is 0.356 e. The van der Waals surface area contributed by atoms with Gasteiger partial charge in [-0.3, -0.25) is 9.48 Å². The number of aryl methyl sites for hydroxylation is 1. The van der Waals surface area contributed by atoms with E-state index < -0.39 is 11.9 Å². The number of aromatic nitrogens is 2. The molecule has 0 aliphatic carbocycles. The van der Waals surface area contributed by atoms with Crippen molar-refractivity contribution in [2.24, 2.45) is 7.05 Å². The predicted molar refractivity (Wildman–Crippen MR) is 94.6 cm³/mol. The molecule has 1 N–H and O–H groups in total. The summed E-state index contributed by atoms with van der Waals surface area (Å²) in [4.78, 5) is 24.4. The highest BCUT2D eigenvalue weighted by atomic mass is 16.5. The largest absolute Gasteiger partial charge is 0.497 e. The minimum absolute atomic E-state index is 0.129. The Morgan fingerprint density at radius 1 is 1.23 bits per heavy atom. The van der Waals surface area contributed by atoms with Crippen molar-refractivity contribution in [2.45, 2.75) is 19.9 Å². The van der Waals surface area contributed by atoms with Crippen LogP contribution < -0.4 is 14.8 Å². The fourth-order valence-electron chi connectivity index (χ4n) is 2.50. The number of benzene rings is 1. The lowest BCUT2D eigenvalue weighted by Crippen LogP contribution is -2.27. The Hall–Kier alpha value is -3.03. The van der Waals surface area contributed by atoms with Crippen molar-refractivity contribution in [3.05, 3.63) is 41.2 Å². The van der Waals surface area contributed by atoms with E-state index in [4.69, 9.17) is 14.2 Å². The maximum absolute atomic E-state index is 12.5. The highest BCUT2D eigenvalue weighted by Gasteiger charge is 2.21. The van der Waals surface area contributed by atoms with Crippen LogP contribution in [0.15, 0.2) is 24.3 Å². The second-order valence-electron chi connectivity index (χ2n) is 5.56. The van der Waals surface area contributed by atoms with Crippen molar-refractivity contribution in [3.8, 4) is 11.5 Å². The summed E-state index contributed by atoms with van der Waals surface area (Å²) in [6.07, 6.45) is 0. The van der Waals surface area contributed by atoms with Crippen LogP contribution in [0.2, 0.25) is 0 Å². The second-order valence-corrected chi connectivity index (χ2v) is 5.56. The number of hydrogen-bond acceptors (Lipinski definition) is 6. The average Bonchev–Trinajstić information content (AvgIpc) is 3.03. The summed E-state index contributed by atoms with van der Waals surface area (Å²) < 4.78 is 16.8. The molecule has 0 aliphatic rings. The minimum Gasteiger partial charge on any atom is -0.497 e. The standard InChI is InChI=1S/C18H23N3O5/c1-6-26-18(23)15-10-14(20-21(15)3)17(22)19-11(2)13-9-12(24-4)7-8-16(13)25-5/h7-11H,6H2,1-5H3,(H,19,22). The smallest absolute Gasteiger partial charge is 0.356 e. The summed E-state index contributed by atoms with van der Waals surface area (Å²) in [6.45, 7) is 3.79. The van der Waals surface area contributed by atoms with E-state index in [1.165, 1.54) is 10.7 Å². The number of carbonyl (C=O) groups is 2. The number of methoxy groups -OCH3 is 2. The molecule has 0 saturated carbocycles. The molecule has 0 saturated heterocycles. The molecule has 8 heteroatoms. The number of nitrogens with zero attached hydrogens (tertiary/aromatic N) is 2. The highest BCUT2D eigenvalue weighted by Crippen LogP contribution is 2.29. The minimum atomic E-state index is -0.524. The van der Waals surface area contributed by atoms with Gasteiger partial charge in [-0.2, -0.15) is 5.10 Å². The summed E-state index contributed by atoms with van der Waals surface area (Å²) in [5.74, 6) is 0.355. The first-order chi connectivity index (χ1) is 12.4. The Morgan fingerprint density at radius 2 is 1.96 bits per heavy atom. The van der Waals surface area contributed by atoms with Gasteiger partial charge in [0, 0.05) is 18.7 Å². The van der Waals surface area contributed by atoms with Crippen LogP contribution in [0.25, 0.3) is 0 Å². The molecule has 8 nitrogen and oxygen atoms in total. The van der Waals surface area contributed by atoms with E-state index in [-0.39, 0.29) is 24.0 Å². The van der Waals surface area contributed by atoms with E-state index >= 15 is 0 Å². The van der Waals surface area contributed by atoms with E-state index in [9.17, 15) is 9.59 Å². The van der Waals surface area contributed by atoms with Gasteiger partial charge in [0.2, 0.25) is 0 Å². The molecule has 0 fully saturated rings. The first-order valence-corrected chi connectivity index (χ1v) is 8.15. The van der Waals surface area contributed by atoms with Gasteiger partial charge >= 0.3 is 5.97 Å². The van der Waals surface area contributed by atoms with E-state index in [2.05, 4.69) is 10.4 Å². The van der Waals surface area contributed by atoms with Gasteiger partial charge in [0.05, 0.1) is 26.9 Å². The number of amides is 1. The molecule has 1 unspecified atom stereocenters. The van der Waals surface area contributed by atoms with Crippen LogP contribution in [0.5, 0.6) is 11.5 Å². The van der Waals surface area contributed by atoms with Crippen molar-refractivity contribution in [2.75, 3.05) is 20.8 Å². The van der Waals surface area contributed by atoms with Crippen molar-refractivity contribution >= 4 is 11.9 Å². The monoisotopic (exact) mass is 361 g/mol. The van der Waals surface area contributed by atoms with E-state index in [0.29, 0.717) is 11.5 Å². The molecule has 0 aliphatic heterocycles. The van der Waals surface area contributed by atoms with Crippen LogP contribution in [-0.4, -0.2) is 42.5 Å². The van der Waals surface area contributed by atoms with Crippen molar-refractivity contribution in [1.29, 1.82) is 0 Å². The van der Waals surface area contributed by atoms with Gasteiger partial charge in [-0.25, -0.2) is 4.79 Å². The molecule has 2 rings (SSSR count). The molecule has 1 atom stereocenters. The lowest BCUT2D eigenvalue weighted by Gasteiger charge is -2.17. The van der Waals surface area contributed by atoms with E-state index in [0.717, 1.165) is 5.56 Å². The Labute approximate surface area is 152 Å². The molecule has 1 aromatic heterocycles. The van der Waals surface area contributed by atoms with Crippen LogP contribution in [0, 0.1) is 0 Å². The van der Waals surface area contributed by atoms with Gasteiger partial charge in [-0.05, 0) is 32.0 Å². The fraction of sp³-hybridized carbons (Fsp3) is 0.389. The number of esters is 1. The average molecular weight is 361 g/mol. The number of rotatable bonds is 7. The zero-order valence-electron chi connectivity index (χ0n) is 15.5. The summed E-state index contributed by atoms with van der Waals surface area (Å²) >= 11 is 0. The lowest BCUT2D eigenvalue weighted by molar-refractivity contribution is 0.0513. The molecule has 140 valence electrons. The first kappa shape index (κ1) is 19.3. The molecule has 0 radical (unpaired) electrons. The summed E-state index contributed by atoms with van der Waals surface area (Å²) in [6, 6.07) is 6.40. The Bertz CT molecular complexity index is 800.